The first kappa shape index (κ1) is 23.5. The smallest absolute Gasteiger partial charge is 0.456 e. The van der Waals surface area contributed by atoms with Crippen molar-refractivity contribution in [1.29, 1.82) is 0 Å². The molecule has 8 aromatic carbocycles. The molecular formula is C38H23BO3. The zero-order chi connectivity index (χ0) is 27.9. The highest BCUT2D eigenvalue weighted by Crippen LogP contribution is 2.41. The number of furan rings is 1. The Labute approximate surface area is 241 Å². The molecule has 0 spiro atoms. The second-order valence-corrected chi connectivity index (χ2v) is 11.1. The summed E-state index contributed by atoms with van der Waals surface area (Å²) in [4.78, 5) is 0. The number of benzene rings is 8. The first-order valence-electron chi connectivity index (χ1n) is 14.2. The van der Waals surface area contributed by atoms with Gasteiger partial charge in [-0.1, -0.05) is 103 Å². The zero-order valence-electron chi connectivity index (χ0n) is 22.5. The molecule has 9 aromatic rings. The molecule has 0 bridgehead atoms. The Morgan fingerprint density at radius 3 is 1.79 bits per heavy atom. The van der Waals surface area contributed by atoms with Crippen LogP contribution in [-0.4, -0.2) is 17.2 Å². The van der Waals surface area contributed by atoms with Crippen LogP contribution in [0, 0.1) is 0 Å². The molecule has 0 amide bonds. The van der Waals surface area contributed by atoms with Crippen LogP contribution in [0.5, 0.6) is 0 Å². The summed E-state index contributed by atoms with van der Waals surface area (Å²) in [7, 11) is -1.71. The summed E-state index contributed by atoms with van der Waals surface area (Å²) < 4.78 is 6.32. The van der Waals surface area contributed by atoms with E-state index in [1.165, 1.54) is 32.3 Å². The van der Waals surface area contributed by atoms with E-state index in [9.17, 15) is 10.0 Å². The van der Waals surface area contributed by atoms with E-state index in [1.807, 2.05) is 48.5 Å². The van der Waals surface area contributed by atoms with Crippen molar-refractivity contribution < 1.29 is 14.5 Å². The fourth-order valence-electron chi connectivity index (χ4n) is 7.01. The predicted octanol–water partition coefficient (Wildman–Crippen LogP) is 8.65. The maximum absolute atomic E-state index is 10.8. The van der Waals surface area contributed by atoms with Gasteiger partial charge in [-0.15, -0.1) is 0 Å². The lowest BCUT2D eigenvalue weighted by Crippen LogP contribution is -2.32. The molecule has 3 nitrogen and oxygen atoms in total. The summed E-state index contributed by atoms with van der Waals surface area (Å²) in [5, 5.41) is 32.9. The van der Waals surface area contributed by atoms with Crippen molar-refractivity contribution in [2.45, 2.75) is 0 Å². The van der Waals surface area contributed by atoms with Gasteiger partial charge in [0.25, 0.3) is 0 Å². The predicted molar refractivity (Wildman–Crippen MR) is 176 cm³/mol. The van der Waals surface area contributed by atoms with Crippen molar-refractivity contribution in [2.24, 2.45) is 0 Å². The summed E-state index contributed by atoms with van der Waals surface area (Å²) in [5.41, 5.74) is 5.46. The van der Waals surface area contributed by atoms with Gasteiger partial charge in [0.1, 0.15) is 11.2 Å². The fourth-order valence-corrected chi connectivity index (χ4v) is 7.01. The summed E-state index contributed by atoms with van der Waals surface area (Å²) in [6.45, 7) is 0. The van der Waals surface area contributed by atoms with Crippen LogP contribution in [0.1, 0.15) is 0 Å². The quantitative estimate of drug-likeness (QED) is 0.175. The molecule has 42 heavy (non-hydrogen) atoms. The topological polar surface area (TPSA) is 53.6 Å². The molecule has 0 saturated heterocycles. The van der Waals surface area contributed by atoms with Gasteiger partial charge >= 0.3 is 7.12 Å². The molecule has 0 atom stereocenters. The largest absolute Gasteiger partial charge is 0.492 e. The number of hydrogen-bond acceptors (Lipinski definition) is 3. The third-order valence-electron chi connectivity index (χ3n) is 8.78. The van der Waals surface area contributed by atoms with Crippen LogP contribution in [-0.2, 0) is 0 Å². The molecule has 2 N–H and O–H groups in total. The summed E-state index contributed by atoms with van der Waals surface area (Å²) in [6, 6.07) is 44.2. The molecule has 0 unspecified atom stereocenters. The molecule has 4 heteroatoms. The molecule has 0 saturated carbocycles. The maximum Gasteiger partial charge on any atom is 0.492 e. The van der Waals surface area contributed by atoms with Crippen LogP contribution < -0.4 is 5.46 Å². The summed E-state index contributed by atoms with van der Waals surface area (Å²) in [6.07, 6.45) is 0. The van der Waals surface area contributed by atoms with Crippen LogP contribution in [0.3, 0.4) is 0 Å². The maximum atomic E-state index is 10.8. The van der Waals surface area contributed by atoms with Gasteiger partial charge < -0.3 is 14.5 Å². The van der Waals surface area contributed by atoms with Gasteiger partial charge in [-0.25, -0.2) is 0 Å². The Balaban J connectivity index is 1.32. The Kier molecular flexibility index (Phi) is 4.86. The number of hydrogen-bond donors (Lipinski definition) is 2. The minimum absolute atomic E-state index is 0.382. The first-order valence-corrected chi connectivity index (χ1v) is 14.2. The van der Waals surface area contributed by atoms with Gasteiger partial charge in [0.2, 0.25) is 0 Å². The normalized spacial score (nSPS) is 12.0. The minimum Gasteiger partial charge on any atom is -0.456 e. The van der Waals surface area contributed by atoms with E-state index in [0.717, 1.165) is 49.4 Å². The van der Waals surface area contributed by atoms with Crippen molar-refractivity contribution in [1.82, 2.24) is 0 Å². The third kappa shape index (κ3) is 3.25. The van der Waals surface area contributed by atoms with Gasteiger partial charge in [-0.05, 0) is 89.6 Å². The fraction of sp³-hybridized carbons (Fsp3) is 0. The highest BCUT2D eigenvalue weighted by molar-refractivity contribution is 6.65. The van der Waals surface area contributed by atoms with Crippen molar-refractivity contribution in [3.8, 4) is 22.3 Å². The van der Waals surface area contributed by atoms with Gasteiger partial charge in [-0.3, -0.25) is 0 Å². The van der Waals surface area contributed by atoms with Gasteiger partial charge in [0.15, 0.2) is 0 Å². The Hall–Kier alpha value is -5.16. The van der Waals surface area contributed by atoms with E-state index in [-0.39, 0.29) is 0 Å². The van der Waals surface area contributed by atoms with Crippen LogP contribution in [0.25, 0.3) is 87.3 Å². The van der Waals surface area contributed by atoms with Gasteiger partial charge in [0.05, 0.1) is 0 Å². The highest BCUT2D eigenvalue weighted by atomic mass is 16.4. The van der Waals surface area contributed by atoms with Crippen molar-refractivity contribution in [3.63, 3.8) is 0 Å². The van der Waals surface area contributed by atoms with Gasteiger partial charge in [-0.2, -0.15) is 0 Å². The standard InChI is InChI=1S/C38H23BO3/c40-39(41)37-35(29-11-1-2-12-30(29)36-31-13-3-4-14-32(31)42-38(36)37)25-10-6-9-24(19-25)28-20-26-17-15-22-7-5-8-23-16-18-27(21-28)34(26)33(22)23/h1-21,40-41H. The third-order valence-corrected chi connectivity index (χ3v) is 8.78. The van der Waals surface area contributed by atoms with E-state index in [4.69, 9.17) is 4.42 Å². The first-order chi connectivity index (χ1) is 20.7. The van der Waals surface area contributed by atoms with Crippen LogP contribution in [0.15, 0.2) is 132 Å². The molecule has 9 rings (SSSR count). The number of rotatable bonds is 3. The number of para-hydroxylation sites is 1. The Morgan fingerprint density at radius 1 is 0.452 bits per heavy atom. The minimum atomic E-state index is -1.71. The van der Waals surface area contributed by atoms with E-state index in [0.29, 0.717) is 11.0 Å². The second-order valence-electron chi connectivity index (χ2n) is 11.1. The van der Waals surface area contributed by atoms with Crippen molar-refractivity contribution >= 4 is 77.6 Å². The number of fused-ring (bicyclic) bond motifs is 5. The van der Waals surface area contributed by atoms with E-state index < -0.39 is 7.12 Å². The van der Waals surface area contributed by atoms with Crippen molar-refractivity contribution in [2.75, 3.05) is 0 Å². The highest BCUT2D eigenvalue weighted by Gasteiger charge is 2.28. The average molecular weight is 538 g/mol. The summed E-state index contributed by atoms with van der Waals surface area (Å²) >= 11 is 0. The molecule has 196 valence electrons. The summed E-state index contributed by atoms with van der Waals surface area (Å²) in [5.74, 6) is 0. The molecule has 0 radical (unpaired) electrons. The SMILES string of the molecule is OB(O)c1c(-c2cccc(-c3cc4ccc5cccc6ccc(c3)c4c56)c2)c2ccccc2c2c1oc1ccccc12. The van der Waals surface area contributed by atoms with E-state index in [1.54, 1.807) is 0 Å². The Bertz CT molecular complexity index is 2440. The molecule has 0 fully saturated rings. The van der Waals surface area contributed by atoms with Gasteiger partial charge in [0, 0.05) is 16.2 Å². The lowest BCUT2D eigenvalue weighted by molar-refractivity contribution is 0.426. The average Bonchev–Trinajstić information content (AvgIpc) is 3.42. The van der Waals surface area contributed by atoms with Crippen LogP contribution >= 0.6 is 0 Å². The molecule has 0 aliphatic heterocycles. The second kappa shape index (κ2) is 8.67. The monoisotopic (exact) mass is 538 g/mol. The molecule has 1 aromatic heterocycles. The van der Waals surface area contributed by atoms with E-state index in [2.05, 4.69) is 78.9 Å². The van der Waals surface area contributed by atoms with Crippen molar-refractivity contribution in [3.05, 3.63) is 127 Å². The molecule has 0 aliphatic rings. The molecule has 1 heterocycles. The molecule has 0 aliphatic carbocycles. The Morgan fingerprint density at radius 2 is 1.05 bits per heavy atom. The van der Waals surface area contributed by atoms with Crippen LogP contribution in [0.4, 0.5) is 0 Å². The zero-order valence-corrected chi connectivity index (χ0v) is 22.5. The lowest BCUT2D eigenvalue weighted by atomic mass is 9.72. The van der Waals surface area contributed by atoms with E-state index >= 15 is 0 Å². The lowest BCUT2D eigenvalue weighted by Gasteiger charge is -2.16. The molecular weight excluding hydrogens is 515 g/mol. The van der Waals surface area contributed by atoms with Crippen LogP contribution in [0.2, 0.25) is 0 Å².